The van der Waals surface area contributed by atoms with Gasteiger partial charge < -0.3 is 10.3 Å². The molecule has 0 amide bonds. The van der Waals surface area contributed by atoms with Crippen molar-refractivity contribution in [2.75, 3.05) is 11.9 Å². The molecule has 0 fully saturated rings. The Bertz CT molecular complexity index is 679. The monoisotopic (exact) mass is 304 g/mol. The normalized spacial score (nSPS) is 10.7. The molecule has 21 heavy (non-hydrogen) atoms. The Morgan fingerprint density at radius 1 is 1.24 bits per heavy atom. The predicted molar refractivity (Wildman–Crippen MR) is 77.4 cm³/mol. The molecule has 0 aliphatic heterocycles. The van der Waals surface area contributed by atoms with Crippen LogP contribution in [0.5, 0.6) is 0 Å². The van der Waals surface area contributed by atoms with E-state index in [9.17, 15) is 0 Å². The minimum atomic E-state index is 0.129. The highest BCUT2D eigenvalue weighted by Gasteiger charge is 2.06. The van der Waals surface area contributed by atoms with E-state index in [0.29, 0.717) is 18.4 Å². The average Bonchev–Trinajstić information content (AvgIpc) is 3.16. The van der Waals surface area contributed by atoms with Crippen LogP contribution in [0.15, 0.2) is 30.9 Å². The third-order valence-electron chi connectivity index (χ3n) is 2.73. The van der Waals surface area contributed by atoms with Gasteiger partial charge in [0.2, 0.25) is 11.2 Å². The number of aryl methyl sites for hydroxylation is 1. The van der Waals surface area contributed by atoms with E-state index in [2.05, 4.69) is 35.3 Å². The number of rotatable bonds is 6. The van der Waals surface area contributed by atoms with Crippen molar-refractivity contribution < 1.29 is 0 Å². The van der Waals surface area contributed by atoms with Crippen molar-refractivity contribution >= 4 is 17.5 Å². The summed E-state index contributed by atoms with van der Waals surface area (Å²) in [6.45, 7) is 0.708. The number of hydrogen-bond acceptors (Lipinski definition) is 6. The van der Waals surface area contributed by atoms with Gasteiger partial charge >= 0.3 is 0 Å². The number of aromatic amines is 1. The smallest absolute Gasteiger partial charge is 0.256 e. The number of imidazole rings is 1. The second-order valence-corrected chi connectivity index (χ2v) is 4.58. The Balaban J connectivity index is 1.60. The van der Waals surface area contributed by atoms with Gasteiger partial charge in [0.15, 0.2) is 0 Å². The maximum Gasteiger partial charge on any atom is 0.256 e. The molecule has 0 spiro atoms. The van der Waals surface area contributed by atoms with Crippen molar-refractivity contribution in [2.45, 2.75) is 12.8 Å². The van der Waals surface area contributed by atoms with Gasteiger partial charge in [-0.1, -0.05) is 0 Å². The van der Waals surface area contributed by atoms with E-state index in [1.165, 1.54) is 4.68 Å². The Morgan fingerprint density at radius 3 is 2.95 bits per heavy atom. The lowest BCUT2D eigenvalue weighted by atomic mass is 10.3. The molecule has 108 valence electrons. The fraction of sp³-hybridized carbons (Fsp3) is 0.250. The highest BCUT2D eigenvalue weighted by atomic mass is 35.5. The number of nitrogens with one attached hydrogen (secondary N) is 2. The number of H-pyrrole nitrogens is 1. The molecule has 0 aromatic carbocycles. The second-order valence-electron chi connectivity index (χ2n) is 4.24. The molecule has 0 aliphatic rings. The highest BCUT2D eigenvalue weighted by Crippen LogP contribution is 2.09. The Kier molecular flexibility index (Phi) is 4.06. The minimum Gasteiger partial charge on any atom is -0.354 e. The van der Waals surface area contributed by atoms with Crippen LogP contribution in [0.2, 0.25) is 5.28 Å². The maximum absolute atomic E-state index is 5.90. The van der Waals surface area contributed by atoms with Crippen LogP contribution in [0.4, 0.5) is 5.95 Å². The summed E-state index contributed by atoms with van der Waals surface area (Å²) in [7, 11) is 0. The van der Waals surface area contributed by atoms with Gasteiger partial charge in [0.25, 0.3) is 5.95 Å². The van der Waals surface area contributed by atoms with Gasteiger partial charge in [-0.15, -0.1) is 0 Å². The minimum absolute atomic E-state index is 0.129. The first-order valence-electron chi connectivity index (χ1n) is 6.45. The number of halogens is 1. The van der Waals surface area contributed by atoms with Crippen molar-refractivity contribution in [2.24, 2.45) is 0 Å². The molecule has 3 heterocycles. The van der Waals surface area contributed by atoms with Crippen LogP contribution >= 0.6 is 11.6 Å². The summed E-state index contributed by atoms with van der Waals surface area (Å²) >= 11 is 5.90. The van der Waals surface area contributed by atoms with Crippen LogP contribution in [-0.4, -0.2) is 41.2 Å². The zero-order chi connectivity index (χ0) is 14.5. The van der Waals surface area contributed by atoms with E-state index in [-0.39, 0.29) is 5.28 Å². The Labute approximate surface area is 125 Å². The maximum atomic E-state index is 5.90. The first-order valence-corrected chi connectivity index (χ1v) is 6.83. The van der Waals surface area contributed by atoms with Crippen molar-refractivity contribution in [3.8, 4) is 5.95 Å². The number of aromatic nitrogens is 7. The molecular formula is C12H13ClN8. The fourth-order valence-corrected chi connectivity index (χ4v) is 1.95. The molecule has 2 N–H and O–H groups in total. The summed E-state index contributed by atoms with van der Waals surface area (Å²) in [5.74, 6) is 1.77. The molecule has 0 unspecified atom stereocenters. The second kappa shape index (κ2) is 6.31. The van der Waals surface area contributed by atoms with Crippen molar-refractivity contribution in [1.29, 1.82) is 0 Å². The molecule has 0 atom stereocenters. The van der Waals surface area contributed by atoms with Crippen LogP contribution in [0, 0.1) is 0 Å². The molecule has 0 radical (unpaired) electrons. The summed E-state index contributed by atoms with van der Waals surface area (Å²) in [5, 5.41) is 7.31. The molecule has 0 aliphatic carbocycles. The molecule has 3 aromatic rings. The highest BCUT2D eigenvalue weighted by molar-refractivity contribution is 6.28. The molecule has 0 saturated carbocycles. The first-order chi connectivity index (χ1) is 10.3. The molecule has 3 rings (SSSR count). The van der Waals surface area contributed by atoms with Gasteiger partial charge in [0.1, 0.15) is 5.82 Å². The average molecular weight is 305 g/mol. The Hall–Kier alpha value is -2.48. The quantitative estimate of drug-likeness (QED) is 0.669. The van der Waals surface area contributed by atoms with Crippen molar-refractivity contribution in [1.82, 2.24) is 34.7 Å². The van der Waals surface area contributed by atoms with E-state index < -0.39 is 0 Å². The molecular weight excluding hydrogens is 292 g/mol. The lowest BCUT2D eigenvalue weighted by molar-refractivity contribution is 0.782. The molecule has 9 heteroatoms. The number of nitrogens with zero attached hydrogens (tertiary/aromatic N) is 6. The molecule has 0 bridgehead atoms. The van der Waals surface area contributed by atoms with Crippen LogP contribution in [-0.2, 0) is 6.42 Å². The molecule has 3 aromatic heterocycles. The predicted octanol–water partition coefficient (Wildman–Crippen LogP) is 1.48. The van der Waals surface area contributed by atoms with Crippen LogP contribution in [0.3, 0.4) is 0 Å². The standard InChI is InChI=1S/C12H13ClN8/c13-10-18-11(16-4-1-3-9-14-6-7-15-9)20-12(19-10)21-8-2-5-17-21/h2,5-8H,1,3-4H2,(H,14,15)(H,16,18,19,20). The first kappa shape index (κ1) is 13.5. The molecule has 8 nitrogen and oxygen atoms in total. The van der Waals surface area contributed by atoms with E-state index in [1.54, 1.807) is 24.7 Å². The lowest BCUT2D eigenvalue weighted by Gasteiger charge is -2.06. The van der Waals surface area contributed by atoms with Crippen LogP contribution in [0.1, 0.15) is 12.2 Å². The third-order valence-corrected chi connectivity index (χ3v) is 2.90. The SMILES string of the molecule is Clc1nc(NCCCc2ncc[nH]2)nc(-n2cccn2)n1. The van der Waals surface area contributed by atoms with Gasteiger partial charge in [0, 0.05) is 37.8 Å². The summed E-state index contributed by atoms with van der Waals surface area (Å²) in [4.78, 5) is 19.6. The summed E-state index contributed by atoms with van der Waals surface area (Å²) in [6.07, 6.45) is 8.69. The Morgan fingerprint density at radius 2 is 2.19 bits per heavy atom. The molecule has 0 saturated heterocycles. The zero-order valence-corrected chi connectivity index (χ0v) is 11.8. The lowest BCUT2D eigenvalue weighted by Crippen LogP contribution is -2.11. The number of anilines is 1. The van der Waals surface area contributed by atoms with Crippen molar-refractivity contribution in [3.05, 3.63) is 42.0 Å². The van der Waals surface area contributed by atoms with Gasteiger partial charge in [-0.3, -0.25) is 0 Å². The zero-order valence-electron chi connectivity index (χ0n) is 11.1. The van der Waals surface area contributed by atoms with Crippen molar-refractivity contribution in [3.63, 3.8) is 0 Å². The van der Waals surface area contributed by atoms with Gasteiger partial charge in [-0.2, -0.15) is 20.1 Å². The topological polar surface area (TPSA) is 97.2 Å². The van der Waals surface area contributed by atoms with E-state index in [4.69, 9.17) is 11.6 Å². The summed E-state index contributed by atoms with van der Waals surface area (Å²) < 4.78 is 1.53. The summed E-state index contributed by atoms with van der Waals surface area (Å²) in [6, 6.07) is 1.79. The third kappa shape index (κ3) is 3.54. The van der Waals surface area contributed by atoms with Crippen LogP contribution in [0.25, 0.3) is 5.95 Å². The van der Waals surface area contributed by atoms with E-state index in [1.807, 2.05) is 6.20 Å². The van der Waals surface area contributed by atoms with Gasteiger partial charge in [-0.25, -0.2) is 9.67 Å². The number of hydrogen-bond donors (Lipinski definition) is 2. The van der Waals surface area contributed by atoms with Gasteiger partial charge in [0.05, 0.1) is 0 Å². The van der Waals surface area contributed by atoms with E-state index in [0.717, 1.165) is 18.7 Å². The largest absolute Gasteiger partial charge is 0.354 e. The fourth-order valence-electron chi connectivity index (χ4n) is 1.80. The van der Waals surface area contributed by atoms with E-state index >= 15 is 0 Å². The van der Waals surface area contributed by atoms with Crippen LogP contribution < -0.4 is 5.32 Å². The van der Waals surface area contributed by atoms with Gasteiger partial charge in [-0.05, 0) is 24.1 Å². The summed E-state index contributed by atoms with van der Waals surface area (Å²) in [5.41, 5.74) is 0.